The van der Waals surface area contributed by atoms with E-state index in [1.807, 2.05) is 38.4 Å². The molecule has 0 atom stereocenters. The molecule has 0 bridgehead atoms. The molecule has 21 heavy (non-hydrogen) atoms. The first-order chi connectivity index (χ1) is 10.1. The lowest BCUT2D eigenvalue weighted by molar-refractivity contribution is 0.240. The van der Waals surface area contributed by atoms with E-state index in [1.54, 1.807) is 0 Å². The number of hydrogen-bond acceptors (Lipinski definition) is 4. The van der Waals surface area contributed by atoms with Gasteiger partial charge in [0.25, 0.3) is 5.56 Å². The van der Waals surface area contributed by atoms with Gasteiger partial charge in [-0.15, -0.1) is 0 Å². The third kappa shape index (κ3) is 3.03. The van der Waals surface area contributed by atoms with E-state index in [2.05, 4.69) is 19.9 Å². The fourth-order valence-corrected chi connectivity index (χ4v) is 2.67. The van der Waals surface area contributed by atoms with Crippen molar-refractivity contribution in [2.45, 2.75) is 39.3 Å². The van der Waals surface area contributed by atoms with Crippen LogP contribution in [0.2, 0.25) is 0 Å². The Labute approximate surface area is 124 Å². The lowest BCUT2D eigenvalue weighted by Crippen LogP contribution is -2.35. The van der Waals surface area contributed by atoms with E-state index in [4.69, 9.17) is 0 Å². The van der Waals surface area contributed by atoms with Crippen LogP contribution in [0.25, 0.3) is 0 Å². The molecule has 2 aromatic rings. The molecule has 3 rings (SSSR count). The first-order valence-electron chi connectivity index (χ1n) is 7.36. The highest BCUT2D eigenvalue weighted by Crippen LogP contribution is 2.18. The molecule has 0 spiro atoms. The zero-order valence-electron chi connectivity index (χ0n) is 12.5. The summed E-state index contributed by atoms with van der Waals surface area (Å²) in [4.78, 5) is 26.1. The molecule has 0 saturated heterocycles. The molecule has 0 aliphatic carbocycles. The Hall–Kier alpha value is -2.01. The average molecular weight is 284 g/mol. The van der Waals surface area contributed by atoms with Gasteiger partial charge in [-0.25, -0.2) is 4.98 Å². The Morgan fingerprint density at radius 2 is 2.10 bits per heavy atom. The van der Waals surface area contributed by atoms with Crippen LogP contribution in [0.15, 0.2) is 29.3 Å². The number of fused-ring (bicyclic) bond motifs is 1. The molecular weight excluding hydrogens is 264 g/mol. The van der Waals surface area contributed by atoms with Crippen molar-refractivity contribution in [2.24, 2.45) is 0 Å². The minimum Gasteiger partial charge on any atom is -0.310 e. The van der Waals surface area contributed by atoms with Gasteiger partial charge in [-0.1, -0.05) is 13.8 Å². The largest absolute Gasteiger partial charge is 0.310 e. The number of pyridine rings is 1. The summed E-state index contributed by atoms with van der Waals surface area (Å²) in [6.45, 7) is 6.58. The van der Waals surface area contributed by atoms with Crippen LogP contribution in [0.4, 0.5) is 0 Å². The molecule has 1 aliphatic rings. The summed E-state index contributed by atoms with van der Waals surface area (Å²) >= 11 is 0. The summed E-state index contributed by atoms with van der Waals surface area (Å²) in [5.74, 6) is 1.02. The van der Waals surface area contributed by atoms with Crippen molar-refractivity contribution in [3.8, 4) is 0 Å². The Morgan fingerprint density at radius 1 is 1.33 bits per heavy atom. The summed E-state index contributed by atoms with van der Waals surface area (Å²) in [6.07, 6.45) is 4.39. The Balaban J connectivity index is 1.83. The van der Waals surface area contributed by atoms with E-state index in [0.29, 0.717) is 0 Å². The molecule has 1 N–H and O–H groups in total. The van der Waals surface area contributed by atoms with Crippen LogP contribution in [0.1, 0.15) is 42.4 Å². The van der Waals surface area contributed by atoms with E-state index >= 15 is 0 Å². The fraction of sp³-hybridized carbons (Fsp3) is 0.438. The molecule has 0 fully saturated rings. The second kappa shape index (κ2) is 5.77. The van der Waals surface area contributed by atoms with E-state index < -0.39 is 0 Å². The molecule has 3 heterocycles. The number of nitrogens with zero attached hydrogens (tertiary/aromatic N) is 3. The predicted molar refractivity (Wildman–Crippen MR) is 81.0 cm³/mol. The van der Waals surface area contributed by atoms with Crippen LogP contribution in [0.3, 0.4) is 0 Å². The Morgan fingerprint density at radius 3 is 2.81 bits per heavy atom. The van der Waals surface area contributed by atoms with Crippen molar-refractivity contribution in [3.05, 3.63) is 57.5 Å². The molecule has 0 radical (unpaired) electrons. The van der Waals surface area contributed by atoms with Crippen LogP contribution in [-0.4, -0.2) is 26.4 Å². The fourth-order valence-electron chi connectivity index (χ4n) is 2.67. The Bertz CT molecular complexity index is 678. The molecule has 110 valence electrons. The number of aromatic nitrogens is 3. The number of nitrogens with one attached hydrogen (secondary N) is 1. The van der Waals surface area contributed by atoms with E-state index in [0.717, 1.165) is 43.1 Å². The van der Waals surface area contributed by atoms with Gasteiger partial charge < -0.3 is 4.98 Å². The molecule has 0 unspecified atom stereocenters. The molecule has 0 aromatic carbocycles. The maximum absolute atomic E-state index is 12.1. The van der Waals surface area contributed by atoms with Crippen LogP contribution in [0.5, 0.6) is 0 Å². The van der Waals surface area contributed by atoms with Gasteiger partial charge in [0.15, 0.2) is 0 Å². The van der Waals surface area contributed by atoms with Crippen LogP contribution in [-0.2, 0) is 19.5 Å². The molecule has 1 aliphatic heterocycles. The van der Waals surface area contributed by atoms with Crippen LogP contribution < -0.4 is 5.56 Å². The zero-order chi connectivity index (χ0) is 14.8. The minimum atomic E-state index is 0.0345. The first-order valence-corrected chi connectivity index (χ1v) is 7.36. The van der Waals surface area contributed by atoms with Crippen molar-refractivity contribution >= 4 is 0 Å². The molecule has 5 heteroatoms. The summed E-state index contributed by atoms with van der Waals surface area (Å²) in [5, 5.41) is 0. The van der Waals surface area contributed by atoms with Gasteiger partial charge in [-0.3, -0.25) is 14.7 Å². The quantitative estimate of drug-likeness (QED) is 0.934. The molecular formula is C16H20N4O. The molecule has 5 nitrogen and oxygen atoms in total. The molecule has 0 amide bonds. The number of aromatic amines is 1. The maximum Gasteiger partial charge on any atom is 0.254 e. The predicted octanol–water partition coefficient (Wildman–Crippen LogP) is 1.85. The van der Waals surface area contributed by atoms with Gasteiger partial charge in [0.1, 0.15) is 5.82 Å². The van der Waals surface area contributed by atoms with E-state index in [9.17, 15) is 4.79 Å². The minimum absolute atomic E-state index is 0.0345. The van der Waals surface area contributed by atoms with Gasteiger partial charge in [0.05, 0.1) is 5.69 Å². The number of rotatable bonds is 3. The van der Waals surface area contributed by atoms with Crippen molar-refractivity contribution in [3.63, 3.8) is 0 Å². The van der Waals surface area contributed by atoms with Gasteiger partial charge in [0.2, 0.25) is 0 Å². The van der Waals surface area contributed by atoms with E-state index in [1.165, 1.54) is 5.56 Å². The smallest absolute Gasteiger partial charge is 0.254 e. The molecule has 2 aromatic heterocycles. The van der Waals surface area contributed by atoms with Gasteiger partial charge in [-0.2, -0.15) is 0 Å². The normalized spacial score (nSPS) is 15.2. The van der Waals surface area contributed by atoms with Crippen molar-refractivity contribution in [1.82, 2.24) is 19.9 Å². The number of H-pyrrole nitrogens is 1. The summed E-state index contributed by atoms with van der Waals surface area (Å²) in [7, 11) is 0. The van der Waals surface area contributed by atoms with E-state index in [-0.39, 0.29) is 11.5 Å². The highest BCUT2D eigenvalue weighted by atomic mass is 16.1. The Kier molecular flexibility index (Phi) is 3.84. The monoisotopic (exact) mass is 284 g/mol. The van der Waals surface area contributed by atoms with Gasteiger partial charge >= 0.3 is 0 Å². The van der Waals surface area contributed by atoms with Gasteiger partial charge in [-0.05, 0) is 24.1 Å². The first kappa shape index (κ1) is 13.9. The number of hydrogen-bond donors (Lipinski definition) is 1. The summed E-state index contributed by atoms with van der Waals surface area (Å²) in [6, 6.07) is 4.06. The average Bonchev–Trinajstić information content (AvgIpc) is 2.48. The third-order valence-corrected chi connectivity index (χ3v) is 3.87. The topological polar surface area (TPSA) is 61.9 Å². The third-order valence-electron chi connectivity index (χ3n) is 3.87. The maximum atomic E-state index is 12.1. The van der Waals surface area contributed by atoms with Crippen molar-refractivity contribution in [2.75, 3.05) is 6.54 Å². The second-order valence-corrected chi connectivity index (χ2v) is 5.85. The summed E-state index contributed by atoms with van der Waals surface area (Å²) < 4.78 is 0. The SMILES string of the molecule is CC(C)c1nc2c(c(=O)[nH]1)CCN(Cc1ccncc1)C2. The lowest BCUT2D eigenvalue weighted by atomic mass is 10.0. The summed E-state index contributed by atoms with van der Waals surface area (Å²) in [5.41, 5.74) is 3.06. The highest BCUT2D eigenvalue weighted by molar-refractivity contribution is 5.22. The molecule has 0 saturated carbocycles. The standard InChI is InChI=1S/C16H20N4O/c1-11(2)15-18-14-10-20(8-5-13(14)16(21)19-15)9-12-3-6-17-7-4-12/h3-4,6-7,11H,5,8-10H2,1-2H3,(H,18,19,21). The van der Waals surface area contributed by atoms with Gasteiger partial charge in [0, 0.05) is 43.5 Å². The van der Waals surface area contributed by atoms with Crippen molar-refractivity contribution < 1.29 is 0 Å². The zero-order valence-corrected chi connectivity index (χ0v) is 12.5. The van der Waals surface area contributed by atoms with Crippen LogP contribution >= 0.6 is 0 Å². The van der Waals surface area contributed by atoms with Crippen LogP contribution in [0, 0.1) is 0 Å². The second-order valence-electron chi connectivity index (χ2n) is 5.85. The highest BCUT2D eigenvalue weighted by Gasteiger charge is 2.21. The lowest BCUT2D eigenvalue weighted by Gasteiger charge is -2.28. The van der Waals surface area contributed by atoms with Crippen molar-refractivity contribution in [1.29, 1.82) is 0 Å².